The Morgan fingerprint density at radius 3 is 2.35 bits per heavy atom. The highest BCUT2D eigenvalue weighted by atomic mass is 16.7. The van der Waals surface area contributed by atoms with Crippen LogP contribution in [0.5, 0.6) is 0 Å². The summed E-state index contributed by atoms with van der Waals surface area (Å²) in [5.41, 5.74) is -0.609. The van der Waals surface area contributed by atoms with Gasteiger partial charge >= 0.3 is 5.97 Å². The second-order valence-corrected chi connectivity index (χ2v) is 15.0. The van der Waals surface area contributed by atoms with Crippen LogP contribution in [0.3, 0.4) is 0 Å². The highest BCUT2D eigenvalue weighted by Gasteiger charge is 2.66. The van der Waals surface area contributed by atoms with E-state index in [2.05, 4.69) is 20.8 Å². The molecule has 5 rings (SSSR count). The van der Waals surface area contributed by atoms with Gasteiger partial charge in [-0.25, -0.2) is 0 Å². The van der Waals surface area contributed by atoms with Crippen molar-refractivity contribution in [1.82, 2.24) is 0 Å². The Bertz CT molecular complexity index is 996. The van der Waals surface area contributed by atoms with Gasteiger partial charge in [-0.2, -0.15) is 0 Å². The van der Waals surface area contributed by atoms with E-state index >= 15 is 0 Å². The number of hydrogen-bond donors (Lipinski definition) is 0. The summed E-state index contributed by atoms with van der Waals surface area (Å²) in [6, 6.07) is 0. The van der Waals surface area contributed by atoms with E-state index < -0.39 is 11.7 Å². The highest BCUT2D eigenvalue weighted by Crippen LogP contribution is 2.66. The normalized spacial score (nSPS) is 39.9. The van der Waals surface area contributed by atoms with E-state index in [4.69, 9.17) is 9.47 Å². The molecule has 0 radical (unpaired) electrons. The van der Waals surface area contributed by atoms with Crippen LogP contribution in [0, 0.1) is 52.3 Å². The van der Waals surface area contributed by atoms with Crippen LogP contribution in [0.2, 0.25) is 0 Å². The van der Waals surface area contributed by atoms with Gasteiger partial charge < -0.3 is 9.47 Å². The molecule has 5 fully saturated rings. The summed E-state index contributed by atoms with van der Waals surface area (Å²) in [6.45, 7) is 10.6. The van der Waals surface area contributed by atoms with Crippen LogP contribution < -0.4 is 0 Å². The van der Waals surface area contributed by atoms with Crippen LogP contribution in [-0.4, -0.2) is 35.7 Å². The first-order chi connectivity index (χ1) is 18.9. The van der Waals surface area contributed by atoms with Crippen molar-refractivity contribution >= 4 is 23.3 Å². The maximum Gasteiger partial charge on any atom is 0.308 e. The molecule has 0 aromatic carbocycles. The van der Waals surface area contributed by atoms with Gasteiger partial charge in [0.25, 0.3) is 0 Å². The molecule has 0 aromatic rings. The van der Waals surface area contributed by atoms with Gasteiger partial charge in [-0.1, -0.05) is 53.9 Å². The zero-order valence-electron chi connectivity index (χ0n) is 25.5. The Morgan fingerprint density at radius 1 is 0.925 bits per heavy atom. The van der Waals surface area contributed by atoms with Crippen molar-refractivity contribution in [2.24, 2.45) is 52.3 Å². The predicted octanol–water partition coefficient (Wildman–Crippen LogP) is 6.86. The Kier molecular flexibility index (Phi) is 8.68. The van der Waals surface area contributed by atoms with Gasteiger partial charge in [-0.15, -0.1) is 0 Å². The molecule has 5 saturated carbocycles. The second-order valence-electron chi connectivity index (χ2n) is 15.0. The number of rotatable bonds is 8. The molecule has 0 heterocycles. The van der Waals surface area contributed by atoms with Crippen molar-refractivity contribution < 1.29 is 28.7 Å². The van der Waals surface area contributed by atoms with Crippen molar-refractivity contribution in [2.45, 2.75) is 137 Å². The molecule has 224 valence electrons. The van der Waals surface area contributed by atoms with Crippen LogP contribution in [-0.2, 0) is 28.7 Å². The minimum Gasteiger partial charge on any atom is -0.435 e. The van der Waals surface area contributed by atoms with Gasteiger partial charge in [-0.05, 0) is 73.5 Å². The molecule has 0 N–H and O–H groups in total. The largest absolute Gasteiger partial charge is 0.435 e. The molecule has 6 nitrogen and oxygen atoms in total. The molecule has 0 amide bonds. The average molecular weight is 557 g/mol. The van der Waals surface area contributed by atoms with Crippen LogP contribution in [0.15, 0.2) is 0 Å². The van der Waals surface area contributed by atoms with Crippen molar-refractivity contribution in [3.05, 3.63) is 0 Å². The smallest absolute Gasteiger partial charge is 0.308 e. The van der Waals surface area contributed by atoms with Crippen LogP contribution in [0.4, 0.5) is 0 Å². The van der Waals surface area contributed by atoms with Crippen LogP contribution >= 0.6 is 0 Å². The molecule has 5 aliphatic carbocycles. The van der Waals surface area contributed by atoms with E-state index in [1.165, 1.54) is 19.3 Å². The molecular formula is C34H52O6. The van der Waals surface area contributed by atoms with Crippen molar-refractivity contribution in [1.29, 1.82) is 0 Å². The lowest BCUT2D eigenvalue weighted by Gasteiger charge is -2.58. The fourth-order valence-corrected chi connectivity index (χ4v) is 9.84. The lowest BCUT2D eigenvalue weighted by molar-refractivity contribution is -0.205. The SMILES string of the molecule is CC(C)C(OC(=O)CCC(C)C1CCC2C3C(=O)CC4CC(=O)CCC4(C)C3CC(=O)C12C)OC1CCCCC1. The first kappa shape index (κ1) is 29.9. The minimum atomic E-state index is -0.515. The number of ether oxygens (including phenoxy) is 2. The van der Waals surface area contributed by atoms with Crippen molar-refractivity contribution in [3.63, 3.8) is 0 Å². The van der Waals surface area contributed by atoms with Gasteiger partial charge in [0.15, 0.2) is 0 Å². The molecule has 0 aromatic heterocycles. The quantitative estimate of drug-likeness (QED) is 0.240. The van der Waals surface area contributed by atoms with E-state index in [1.54, 1.807) is 0 Å². The van der Waals surface area contributed by atoms with Crippen LogP contribution in [0.1, 0.15) is 125 Å². The molecule has 0 spiro atoms. The lowest BCUT2D eigenvalue weighted by atomic mass is 9.44. The average Bonchev–Trinajstić information content (AvgIpc) is 3.27. The summed E-state index contributed by atoms with van der Waals surface area (Å²) in [6.07, 6.45) is 11.0. The van der Waals surface area contributed by atoms with Gasteiger partial charge in [0.1, 0.15) is 17.3 Å². The number of carbonyl (C=O) groups excluding carboxylic acids is 4. The summed E-state index contributed by atoms with van der Waals surface area (Å²) >= 11 is 0. The number of Topliss-reactive ketones (excluding diaryl/α,β-unsaturated/α-hetero) is 3. The Morgan fingerprint density at radius 2 is 1.65 bits per heavy atom. The third-order valence-corrected chi connectivity index (χ3v) is 12.4. The van der Waals surface area contributed by atoms with Gasteiger partial charge in [0.05, 0.1) is 6.10 Å². The predicted molar refractivity (Wildman–Crippen MR) is 152 cm³/mol. The van der Waals surface area contributed by atoms with E-state index in [1.807, 2.05) is 13.8 Å². The number of fused-ring (bicyclic) bond motifs is 5. The van der Waals surface area contributed by atoms with E-state index in [0.29, 0.717) is 50.1 Å². The maximum absolute atomic E-state index is 14.0. The topological polar surface area (TPSA) is 86.7 Å². The fourth-order valence-electron chi connectivity index (χ4n) is 9.84. The number of hydrogen-bond acceptors (Lipinski definition) is 6. The first-order valence-electron chi connectivity index (χ1n) is 16.4. The molecule has 5 aliphatic rings. The van der Waals surface area contributed by atoms with Gasteiger partial charge in [0, 0.05) is 49.4 Å². The standard InChI is InChI=1S/C34H52O6/c1-20(2)32(39-24-9-7-6-8-10-24)40-30(38)14-11-21(3)25-12-13-26-31-27(19-29(37)34(25,26)5)33(4)16-15-23(35)17-22(33)18-28(31)36/h20-22,24-27,31-32H,6-19H2,1-5H3. The zero-order valence-corrected chi connectivity index (χ0v) is 25.5. The van der Waals surface area contributed by atoms with E-state index in [-0.39, 0.29) is 64.7 Å². The van der Waals surface area contributed by atoms with E-state index in [0.717, 1.165) is 32.1 Å². The molecule has 6 heteroatoms. The highest BCUT2D eigenvalue weighted by molar-refractivity contribution is 5.93. The first-order valence-corrected chi connectivity index (χ1v) is 16.4. The Labute approximate surface area is 241 Å². The molecular weight excluding hydrogens is 504 g/mol. The Hall–Kier alpha value is -1.56. The number of carbonyl (C=O) groups is 4. The molecule has 9 unspecified atom stereocenters. The number of ketones is 3. The maximum atomic E-state index is 14.0. The van der Waals surface area contributed by atoms with E-state index in [9.17, 15) is 19.2 Å². The number of esters is 1. The summed E-state index contributed by atoms with van der Waals surface area (Å²) < 4.78 is 12.0. The summed E-state index contributed by atoms with van der Waals surface area (Å²) in [4.78, 5) is 52.8. The summed E-state index contributed by atoms with van der Waals surface area (Å²) in [7, 11) is 0. The third-order valence-electron chi connectivity index (χ3n) is 12.4. The summed E-state index contributed by atoms with van der Waals surface area (Å²) in [5.74, 6) is 1.29. The fraction of sp³-hybridized carbons (Fsp3) is 0.882. The molecule has 9 atom stereocenters. The molecule has 0 bridgehead atoms. The molecule has 0 aliphatic heterocycles. The van der Waals surface area contributed by atoms with Crippen LogP contribution in [0.25, 0.3) is 0 Å². The monoisotopic (exact) mass is 556 g/mol. The Balaban J connectivity index is 1.22. The molecule has 40 heavy (non-hydrogen) atoms. The van der Waals surface area contributed by atoms with Gasteiger partial charge in [0.2, 0.25) is 6.29 Å². The summed E-state index contributed by atoms with van der Waals surface area (Å²) in [5, 5.41) is 0. The molecule has 0 saturated heterocycles. The zero-order chi connectivity index (χ0) is 28.8. The van der Waals surface area contributed by atoms with Crippen molar-refractivity contribution in [3.8, 4) is 0 Å². The second kappa shape index (κ2) is 11.6. The third kappa shape index (κ3) is 5.36. The minimum absolute atomic E-state index is 0.0666. The van der Waals surface area contributed by atoms with Crippen molar-refractivity contribution in [2.75, 3.05) is 0 Å². The van der Waals surface area contributed by atoms with Gasteiger partial charge in [-0.3, -0.25) is 19.2 Å². The lowest BCUT2D eigenvalue weighted by Crippen LogP contribution is -2.60.